The SMILES string of the molecule is CC(C)[C@H](NC(=O)OC(C)(C)C)C(=O)NC(CCc1ccccc1CNC(=O)OC(C)(C)C)C(=O)OCc1ccccc1. The highest BCUT2D eigenvalue weighted by atomic mass is 16.6. The van der Waals surface area contributed by atoms with E-state index in [1.54, 1.807) is 55.4 Å². The van der Waals surface area contributed by atoms with E-state index in [2.05, 4.69) is 16.0 Å². The molecule has 0 radical (unpaired) electrons. The Morgan fingerprint density at radius 2 is 1.30 bits per heavy atom. The summed E-state index contributed by atoms with van der Waals surface area (Å²) in [6.07, 6.45) is -0.631. The number of amides is 3. The molecule has 236 valence electrons. The Morgan fingerprint density at radius 1 is 0.744 bits per heavy atom. The van der Waals surface area contributed by atoms with Crippen LogP contribution >= 0.6 is 0 Å². The van der Waals surface area contributed by atoms with Crippen molar-refractivity contribution in [2.75, 3.05) is 0 Å². The topological polar surface area (TPSA) is 132 Å². The first kappa shape index (κ1) is 35.1. The molecule has 0 saturated heterocycles. The van der Waals surface area contributed by atoms with Gasteiger partial charge < -0.3 is 30.2 Å². The van der Waals surface area contributed by atoms with E-state index in [1.807, 2.05) is 54.6 Å². The molecule has 43 heavy (non-hydrogen) atoms. The van der Waals surface area contributed by atoms with Gasteiger partial charge in [-0.15, -0.1) is 0 Å². The van der Waals surface area contributed by atoms with Crippen molar-refractivity contribution in [2.45, 2.75) is 105 Å². The summed E-state index contributed by atoms with van der Waals surface area (Å²) in [5.41, 5.74) is 1.19. The highest BCUT2D eigenvalue weighted by molar-refractivity contribution is 5.90. The summed E-state index contributed by atoms with van der Waals surface area (Å²) in [6, 6.07) is 14.8. The zero-order valence-electron chi connectivity index (χ0n) is 26.6. The van der Waals surface area contributed by atoms with Gasteiger partial charge in [-0.25, -0.2) is 14.4 Å². The van der Waals surface area contributed by atoms with E-state index in [0.29, 0.717) is 6.42 Å². The van der Waals surface area contributed by atoms with Crippen molar-refractivity contribution in [2.24, 2.45) is 5.92 Å². The number of rotatable bonds is 12. The second-order valence-electron chi connectivity index (χ2n) is 12.7. The van der Waals surface area contributed by atoms with Crippen molar-refractivity contribution in [3.63, 3.8) is 0 Å². The summed E-state index contributed by atoms with van der Waals surface area (Å²) in [4.78, 5) is 51.3. The van der Waals surface area contributed by atoms with Crippen LogP contribution in [0.1, 0.15) is 78.5 Å². The Hall–Kier alpha value is -4.08. The van der Waals surface area contributed by atoms with E-state index < -0.39 is 47.3 Å². The molecule has 0 spiro atoms. The molecule has 0 aliphatic rings. The largest absolute Gasteiger partial charge is 0.459 e. The lowest BCUT2D eigenvalue weighted by molar-refractivity contribution is -0.149. The fourth-order valence-electron chi connectivity index (χ4n) is 4.06. The molecular weight excluding hydrogens is 550 g/mol. The maximum absolute atomic E-state index is 13.4. The summed E-state index contributed by atoms with van der Waals surface area (Å²) in [7, 11) is 0. The number of ether oxygens (including phenoxy) is 3. The minimum absolute atomic E-state index is 0.0478. The number of hydrogen-bond acceptors (Lipinski definition) is 7. The first-order valence-corrected chi connectivity index (χ1v) is 14.6. The van der Waals surface area contributed by atoms with E-state index in [1.165, 1.54) is 0 Å². The van der Waals surface area contributed by atoms with Gasteiger partial charge in [-0.2, -0.15) is 0 Å². The normalized spacial score (nSPS) is 13.0. The van der Waals surface area contributed by atoms with Gasteiger partial charge in [0, 0.05) is 6.54 Å². The zero-order valence-corrected chi connectivity index (χ0v) is 26.6. The van der Waals surface area contributed by atoms with Crippen LogP contribution in [-0.2, 0) is 43.4 Å². The number of nitrogens with one attached hydrogen (secondary N) is 3. The second kappa shape index (κ2) is 16.0. The van der Waals surface area contributed by atoms with Gasteiger partial charge in [0.25, 0.3) is 0 Å². The Labute approximate surface area is 255 Å². The second-order valence-corrected chi connectivity index (χ2v) is 12.7. The molecule has 0 aliphatic carbocycles. The number of carbonyl (C=O) groups excluding carboxylic acids is 4. The van der Waals surface area contributed by atoms with Crippen molar-refractivity contribution in [3.8, 4) is 0 Å². The molecule has 10 heteroatoms. The summed E-state index contributed by atoms with van der Waals surface area (Å²) in [6.45, 7) is 14.4. The van der Waals surface area contributed by atoms with E-state index in [9.17, 15) is 19.2 Å². The standard InChI is InChI=1S/C33H47N3O7/c1-22(2)27(36-31(40)43-33(6,7)8)28(37)35-26(29(38)41-21-23-14-10-9-11-15-23)19-18-24-16-12-13-17-25(24)20-34-30(39)42-32(3,4)5/h9-17,22,26-27H,18-21H2,1-8H3,(H,34,39)(H,35,37)(H,36,40)/t26?,27-/m0/s1. The van der Waals surface area contributed by atoms with Crippen LogP contribution in [0.15, 0.2) is 54.6 Å². The lowest BCUT2D eigenvalue weighted by Gasteiger charge is -2.27. The lowest BCUT2D eigenvalue weighted by atomic mass is 9.99. The van der Waals surface area contributed by atoms with Crippen LogP contribution in [-0.4, -0.2) is 47.3 Å². The maximum Gasteiger partial charge on any atom is 0.408 e. The summed E-state index contributed by atoms with van der Waals surface area (Å²) >= 11 is 0. The number of alkyl carbamates (subject to hydrolysis) is 2. The van der Waals surface area contributed by atoms with Crippen LogP contribution in [0.25, 0.3) is 0 Å². The predicted octanol–water partition coefficient (Wildman–Crippen LogP) is 5.42. The van der Waals surface area contributed by atoms with Crippen LogP contribution in [0.3, 0.4) is 0 Å². The summed E-state index contributed by atoms with van der Waals surface area (Å²) in [5.74, 6) is -1.41. The molecule has 3 amide bonds. The van der Waals surface area contributed by atoms with Crippen molar-refractivity contribution in [1.82, 2.24) is 16.0 Å². The van der Waals surface area contributed by atoms with Gasteiger partial charge in [0.05, 0.1) is 0 Å². The van der Waals surface area contributed by atoms with Gasteiger partial charge >= 0.3 is 18.2 Å². The molecule has 0 bridgehead atoms. The zero-order chi connectivity index (χ0) is 32.2. The monoisotopic (exact) mass is 597 g/mol. The van der Waals surface area contributed by atoms with Crippen molar-refractivity contribution in [3.05, 3.63) is 71.3 Å². The molecule has 2 atom stereocenters. The number of aryl methyl sites for hydroxylation is 1. The minimum atomic E-state index is -0.996. The molecule has 0 aromatic heterocycles. The van der Waals surface area contributed by atoms with Gasteiger partial charge in [-0.3, -0.25) is 4.79 Å². The van der Waals surface area contributed by atoms with Crippen molar-refractivity contribution in [1.29, 1.82) is 0 Å². The Kier molecular flexibility index (Phi) is 13.0. The fraction of sp³-hybridized carbons (Fsp3) is 0.515. The molecule has 2 rings (SSSR count). The van der Waals surface area contributed by atoms with Crippen LogP contribution < -0.4 is 16.0 Å². The molecule has 0 fully saturated rings. The quantitative estimate of drug-likeness (QED) is 0.220. The van der Waals surface area contributed by atoms with Gasteiger partial charge in [-0.05, 0) is 77.0 Å². The number of esters is 1. The van der Waals surface area contributed by atoms with E-state index in [-0.39, 0.29) is 25.5 Å². The van der Waals surface area contributed by atoms with Gasteiger partial charge in [-0.1, -0.05) is 68.4 Å². The van der Waals surface area contributed by atoms with E-state index >= 15 is 0 Å². The average molecular weight is 598 g/mol. The molecule has 3 N–H and O–H groups in total. The average Bonchev–Trinajstić information content (AvgIpc) is 2.90. The van der Waals surface area contributed by atoms with Gasteiger partial charge in [0.1, 0.15) is 29.9 Å². The predicted molar refractivity (Wildman–Crippen MR) is 164 cm³/mol. The molecule has 2 aromatic carbocycles. The first-order valence-electron chi connectivity index (χ1n) is 14.6. The number of benzene rings is 2. The lowest BCUT2D eigenvalue weighted by Crippen LogP contribution is -2.54. The third-order valence-corrected chi connectivity index (χ3v) is 6.09. The highest BCUT2D eigenvalue weighted by Crippen LogP contribution is 2.16. The fourth-order valence-corrected chi connectivity index (χ4v) is 4.06. The van der Waals surface area contributed by atoms with Crippen LogP contribution in [0.5, 0.6) is 0 Å². The smallest absolute Gasteiger partial charge is 0.408 e. The maximum atomic E-state index is 13.4. The number of hydrogen-bond donors (Lipinski definition) is 3. The molecule has 0 aliphatic heterocycles. The van der Waals surface area contributed by atoms with Crippen molar-refractivity contribution < 1.29 is 33.4 Å². The molecule has 2 aromatic rings. The summed E-state index contributed by atoms with van der Waals surface area (Å²) < 4.78 is 16.3. The Bertz CT molecular complexity index is 1220. The summed E-state index contributed by atoms with van der Waals surface area (Å²) in [5, 5.41) is 8.18. The van der Waals surface area contributed by atoms with Crippen LogP contribution in [0, 0.1) is 5.92 Å². The Balaban J connectivity index is 2.19. The van der Waals surface area contributed by atoms with Gasteiger partial charge in [0.2, 0.25) is 5.91 Å². The van der Waals surface area contributed by atoms with E-state index in [0.717, 1.165) is 16.7 Å². The molecule has 0 heterocycles. The number of carbonyl (C=O) groups is 4. The molecular formula is C33H47N3O7. The first-order chi connectivity index (χ1) is 20.0. The Morgan fingerprint density at radius 3 is 1.88 bits per heavy atom. The third kappa shape index (κ3) is 13.6. The third-order valence-electron chi connectivity index (χ3n) is 6.09. The highest BCUT2D eigenvalue weighted by Gasteiger charge is 2.31. The minimum Gasteiger partial charge on any atom is -0.459 e. The van der Waals surface area contributed by atoms with Gasteiger partial charge in [0.15, 0.2) is 0 Å². The molecule has 10 nitrogen and oxygen atoms in total. The molecule has 1 unspecified atom stereocenters. The van der Waals surface area contributed by atoms with Crippen LogP contribution in [0.2, 0.25) is 0 Å². The van der Waals surface area contributed by atoms with Crippen LogP contribution in [0.4, 0.5) is 9.59 Å². The molecule has 0 saturated carbocycles. The van der Waals surface area contributed by atoms with Crippen molar-refractivity contribution >= 4 is 24.1 Å². The van der Waals surface area contributed by atoms with E-state index in [4.69, 9.17) is 14.2 Å².